The Morgan fingerprint density at radius 2 is 2.20 bits per heavy atom. The van der Waals surface area contributed by atoms with Crippen LogP contribution in [0.25, 0.3) is 0 Å². The number of hydrogen-bond acceptors (Lipinski definition) is 5. The maximum absolute atomic E-state index is 12.7. The van der Waals surface area contributed by atoms with Crippen molar-refractivity contribution in [3.8, 4) is 0 Å². The fraction of sp³-hybridized carbons (Fsp3) is 0.636. The summed E-state index contributed by atoms with van der Waals surface area (Å²) in [5, 5.41) is 24.3. The molecule has 0 radical (unpaired) electrons. The molecule has 1 fully saturated rings. The molecule has 8 nitrogen and oxygen atoms in total. The zero-order chi connectivity index (χ0) is 14.9. The average Bonchev–Trinajstić information content (AvgIpc) is 2.81. The standard InChI is InChI=1S/C11H17N3O5S/c1-7-10(9(11(16)17)13-12-7)20(18,19)14-5-3-2-4-8(14)6-15/h8,15H,2-6H2,1H3,(H,12,13)(H,16,17). The Hall–Kier alpha value is -1.45. The van der Waals surface area contributed by atoms with Crippen molar-refractivity contribution in [2.45, 2.75) is 37.1 Å². The first kappa shape index (κ1) is 14.9. The molecule has 1 aromatic heterocycles. The molecule has 2 heterocycles. The summed E-state index contributed by atoms with van der Waals surface area (Å²) in [6.45, 7) is 1.46. The van der Waals surface area contributed by atoms with Crippen molar-refractivity contribution in [3.63, 3.8) is 0 Å². The van der Waals surface area contributed by atoms with Gasteiger partial charge in [-0.3, -0.25) is 5.10 Å². The molecule has 112 valence electrons. The van der Waals surface area contributed by atoms with Crippen LogP contribution in [0.4, 0.5) is 0 Å². The van der Waals surface area contributed by atoms with Crippen molar-refractivity contribution in [1.82, 2.24) is 14.5 Å². The molecule has 1 saturated heterocycles. The molecule has 0 saturated carbocycles. The number of carboxylic acids is 1. The van der Waals surface area contributed by atoms with E-state index >= 15 is 0 Å². The largest absolute Gasteiger partial charge is 0.476 e. The lowest BCUT2D eigenvalue weighted by molar-refractivity contribution is 0.0685. The van der Waals surface area contributed by atoms with Gasteiger partial charge in [-0.05, 0) is 19.8 Å². The van der Waals surface area contributed by atoms with Crippen LogP contribution in [0.5, 0.6) is 0 Å². The molecule has 3 N–H and O–H groups in total. The van der Waals surface area contributed by atoms with Crippen LogP contribution in [0.2, 0.25) is 0 Å². The minimum atomic E-state index is -3.99. The van der Waals surface area contributed by atoms with Gasteiger partial charge in [0.2, 0.25) is 10.0 Å². The van der Waals surface area contributed by atoms with Gasteiger partial charge >= 0.3 is 5.97 Å². The number of piperidine rings is 1. The lowest BCUT2D eigenvalue weighted by Gasteiger charge is -2.33. The van der Waals surface area contributed by atoms with Crippen molar-refractivity contribution < 1.29 is 23.4 Å². The highest BCUT2D eigenvalue weighted by molar-refractivity contribution is 7.89. The van der Waals surface area contributed by atoms with Crippen LogP contribution in [-0.2, 0) is 10.0 Å². The van der Waals surface area contributed by atoms with Crippen molar-refractivity contribution in [2.24, 2.45) is 0 Å². The summed E-state index contributed by atoms with van der Waals surface area (Å²) in [4.78, 5) is 10.8. The smallest absolute Gasteiger partial charge is 0.357 e. The van der Waals surface area contributed by atoms with E-state index in [0.717, 1.165) is 6.42 Å². The molecule has 1 unspecified atom stereocenters. The molecule has 0 amide bonds. The van der Waals surface area contributed by atoms with E-state index in [0.29, 0.717) is 12.8 Å². The first-order valence-electron chi connectivity index (χ1n) is 6.30. The lowest BCUT2D eigenvalue weighted by Crippen LogP contribution is -2.45. The van der Waals surface area contributed by atoms with Crippen LogP contribution >= 0.6 is 0 Å². The third-order valence-corrected chi connectivity index (χ3v) is 5.56. The maximum atomic E-state index is 12.7. The monoisotopic (exact) mass is 303 g/mol. The van der Waals surface area contributed by atoms with Gasteiger partial charge in [0, 0.05) is 12.6 Å². The number of carboxylic acid groups (broad SMARTS) is 1. The quantitative estimate of drug-likeness (QED) is 0.716. The van der Waals surface area contributed by atoms with Crippen LogP contribution in [0.3, 0.4) is 0 Å². The van der Waals surface area contributed by atoms with Crippen LogP contribution in [0.15, 0.2) is 4.90 Å². The highest BCUT2D eigenvalue weighted by Crippen LogP contribution is 2.28. The summed E-state index contributed by atoms with van der Waals surface area (Å²) >= 11 is 0. The molecule has 0 spiro atoms. The molecule has 1 aliphatic heterocycles. The molecule has 20 heavy (non-hydrogen) atoms. The predicted molar refractivity (Wildman–Crippen MR) is 68.9 cm³/mol. The zero-order valence-corrected chi connectivity index (χ0v) is 11.9. The topological polar surface area (TPSA) is 124 Å². The third kappa shape index (κ3) is 2.43. The number of nitrogens with zero attached hydrogens (tertiary/aromatic N) is 2. The van der Waals surface area contributed by atoms with E-state index in [4.69, 9.17) is 5.11 Å². The van der Waals surface area contributed by atoms with Crippen molar-refractivity contribution in [2.75, 3.05) is 13.2 Å². The Balaban J connectivity index is 2.49. The van der Waals surface area contributed by atoms with Crippen LogP contribution in [0, 0.1) is 6.92 Å². The molecule has 1 atom stereocenters. The van der Waals surface area contributed by atoms with E-state index in [1.54, 1.807) is 0 Å². The maximum Gasteiger partial charge on any atom is 0.357 e. The van der Waals surface area contributed by atoms with E-state index in [1.807, 2.05) is 0 Å². The average molecular weight is 303 g/mol. The second-order valence-corrected chi connectivity index (χ2v) is 6.61. The number of aliphatic hydroxyl groups is 1. The van der Waals surface area contributed by atoms with Crippen molar-refractivity contribution in [3.05, 3.63) is 11.4 Å². The molecule has 0 aromatic carbocycles. The van der Waals surface area contributed by atoms with Gasteiger partial charge in [0.1, 0.15) is 4.90 Å². The number of aromatic carboxylic acids is 1. The van der Waals surface area contributed by atoms with Crippen molar-refractivity contribution >= 4 is 16.0 Å². The second kappa shape index (κ2) is 5.51. The molecule has 9 heteroatoms. The summed E-state index contributed by atoms with van der Waals surface area (Å²) < 4.78 is 26.5. The summed E-state index contributed by atoms with van der Waals surface area (Å²) in [6.07, 6.45) is 2.09. The number of sulfonamides is 1. The van der Waals surface area contributed by atoms with Crippen LogP contribution in [-0.4, -0.2) is 58.3 Å². The Labute approximate surface area is 116 Å². The molecule has 2 rings (SSSR count). The van der Waals surface area contributed by atoms with Gasteiger partial charge in [-0.2, -0.15) is 9.40 Å². The van der Waals surface area contributed by atoms with E-state index in [9.17, 15) is 18.3 Å². The van der Waals surface area contributed by atoms with Gasteiger partial charge in [0.05, 0.1) is 12.3 Å². The summed E-state index contributed by atoms with van der Waals surface area (Å²) in [6, 6.07) is -0.510. The number of nitrogens with one attached hydrogen (secondary N) is 1. The van der Waals surface area contributed by atoms with Gasteiger partial charge in [0.25, 0.3) is 0 Å². The number of aryl methyl sites for hydroxylation is 1. The van der Waals surface area contributed by atoms with E-state index < -0.39 is 27.7 Å². The highest BCUT2D eigenvalue weighted by Gasteiger charge is 2.38. The fourth-order valence-electron chi connectivity index (χ4n) is 2.47. The minimum Gasteiger partial charge on any atom is -0.476 e. The highest BCUT2D eigenvalue weighted by atomic mass is 32.2. The number of H-pyrrole nitrogens is 1. The Kier molecular flexibility index (Phi) is 4.11. The molecule has 0 bridgehead atoms. The molecular formula is C11H17N3O5S. The third-order valence-electron chi connectivity index (χ3n) is 3.44. The van der Waals surface area contributed by atoms with Gasteiger partial charge in [-0.1, -0.05) is 6.42 Å². The fourth-order valence-corrected chi connectivity index (χ4v) is 4.45. The number of rotatable bonds is 4. The number of aliphatic hydroxyl groups excluding tert-OH is 1. The number of aromatic nitrogens is 2. The molecule has 1 aromatic rings. The van der Waals surface area contributed by atoms with Crippen LogP contribution in [0.1, 0.15) is 35.4 Å². The lowest BCUT2D eigenvalue weighted by atomic mass is 10.1. The molecule has 1 aliphatic rings. The van der Waals surface area contributed by atoms with Gasteiger partial charge < -0.3 is 10.2 Å². The summed E-state index contributed by atoms with van der Waals surface area (Å²) in [7, 11) is -3.99. The van der Waals surface area contributed by atoms with Crippen LogP contribution < -0.4 is 0 Å². The SMILES string of the molecule is Cc1[nH]nc(C(=O)O)c1S(=O)(=O)N1CCCCC1CO. The van der Waals surface area contributed by atoms with E-state index in [1.165, 1.54) is 11.2 Å². The van der Waals surface area contributed by atoms with Crippen molar-refractivity contribution in [1.29, 1.82) is 0 Å². The van der Waals surface area contributed by atoms with Gasteiger partial charge in [-0.15, -0.1) is 0 Å². The van der Waals surface area contributed by atoms with E-state index in [-0.39, 0.29) is 23.7 Å². The number of hydrogen-bond donors (Lipinski definition) is 3. The molecular weight excluding hydrogens is 286 g/mol. The van der Waals surface area contributed by atoms with E-state index in [2.05, 4.69) is 10.2 Å². The van der Waals surface area contributed by atoms with Gasteiger partial charge in [-0.25, -0.2) is 13.2 Å². The summed E-state index contributed by atoms with van der Waals surface area (Å²) in [5.41, 5.74) is -0.325. The Morgan fingerprint density at radius 3 is 2.80 bits per heavy atom. The minimum absolute atomic E-state index is 0.185. The zero-order valence-electron chi connectivity index (χ0n) is 11.0. The normalized spacial score (nSPS) is 21.0. The number of aromatic amines is 1. The predicted octanol–water partition coefficient (Wildman–Crippen LogP) is -0.0482. The van der Waals surface area contributed by atoms with Gasteiger partial charge in [0.15, 0.2) is 5.69 Å². The molecule has 0 aliphatic carbocycles. The Morgan fingerprint density at radius 1 is 1.50 bits per heavy atom. The second-order valence-electron chi connectivity index (χ2n) is 4.78. The first-order chi connectivity index (χ1) is 9.39. The first-order valence-corrected chi connectivity index (χ1v) is 7.74. The summed E-state index contributed by atoms with van der Waals surface area (Å²) in [5.74, 6) is -1.40. The number of carbonyl (C=O) groups is 1. The Bertz CT molecular complexity index is 610.